The first kappa shape index (κ1) is 15.0. The van der Waals surface area contributed by atoms with Crippen LogP contribution in [0.1, 0.15) is 25.5 Å². The van der Waals surface area contributed by atoms with Gasteiger partial charge in [-0.05, 0) is 43.2 Å². The second-order valence-electron chi connectivity index (χ2n) is 5.28. The van der Waals surface area contributed by atoms with Crippen molar-refractivity contribution < 1.29 is 0 Å². The van der Waals surface area contributed by atoms with E-state index in [9.17, 15) is 4.79 Å². The third kappa shape index (κ3) is 2.83. The Hall–Kier alpha value is -1.94. The predicted molar refractivity (Wildman–Crippen MR) is 93.7 cm³/mol. The van der Waals surface area contributed by atoms with Crippen LogP contribution in [0.2, 0.25) is 0 Å². The average molecular weight is 357 g/mol. The highest BCUT2D eigenvalue weighted by molar-refractivity contribution is 9.10. The fourth-order valence-corrected chi connectivity index (χ4v) is 2.99. The Morgan fingerprint density at radius 3 is 2.64 bits per heavy atom. The second-order valence-corrected chi connectivity index (χ2v) is 6.19. The van der Waals surface area contributed by atoms with E-state index in [0.29, 0.717) is 0 Å². The van der Waals surface area contributed by atoms with Gasteiger partial charge in [0.15, 0.2) is 0 Å². The Morgan fingerprint density at radius 2 is 1.91 bits per heavy atom. The van der Waals surface area contributed by atoms with E-state index >= 15 is 0 Å². The van der Waals surface area contributed by atoms with Gasteiger partial charge < -0.3 is 0 Å². The zero-order chi connectivity index (χ0) is 15.5. The first-order valence-corrected chi connectivity index (χ1v) is 8.26. The summed E-state index contributed by atoms with van der Waals surface area (Å²) in [7, 11) is 0. The van der Waals surface area contributed by atoms with E-state index in [1.807, 2.05) is 48.5 Å². The third-order valence-electron chi connectivity index (χ3n) is 3.71. The number of hydrogen-bond acceptors (Lipinski definition) is 2. The zero-order valence-corrected chi connectivity index (χ0v) is 14.0. The summed E-state index contributed by atoms with van der Waals surface area (Å²) in [6.07, 6.45) is 2.94. The number of halogens is 1. The maximum atomic E-state index is 12.5. The number of benzene rings is 2. The molecule has 3 aromatic rings. The molecule has 0 saturated carbocycles. The Bertz CT molecular complexity index is 856. The summed E-state index contributed by atoms with van der Waals surface area (Å²) in [6.45, 7) is 2.14. The number of nitrogens with zero attached hydrogens (tertiary/aromatic N) is 2. The second kappa shape index (κ2) is 6.44. The number of unbranched alkanes of at least 4 members (excludes halogenated alkanes) is 1. The van der Waals surface area contributed by atoms with Crippen LogP contribution >= 0.6 is 15.9 Å². The van der Waals surface area contributed by atoms with E-state index in [4.69, 9.17) is 0 Å². The number of aromatic nitrogens is 2. The molecule has 2 aromatic carbocycles. The number of aryl methyl sites for hydroxylation is 1. The van der Waals surface area contributed by atoms with E-state index < -0.39 is 0 Å². The van der Waals surface area contributed by atoms with Crippen molar-refractivity contribution in [1.82, 2.24) is 9.55 Å². The van der Waals surface area contributed by atoms with Gasteiger partial charge in [-0.15, -0.1) is 0 Å². The van der Waals surface area contributed by atoms with Crippen molar-refractivity contribution in [3.05, 3.63) is 69.2 Å². The molecule has 0 amide bonds. The van der Waals surface area contributed by atoms with Crippen molar-refractivity contribution in [2.75, 3.05) is 0 Å². The van der Waals surface area contributed by atoms with Gasteiger partial charge in [-0.25, -0.2) is 4.79 Å². The van der Waals surface area contributed by atoms with Crippen molar-refractivity contribution in [2.45, 2.75) is 26.2 Å². The monoisotopic (exact) mass is 356 g/mol. The van der Waals surface area contributed by atoms with Gasteiger partial charge in [0.25, 0.3) is 0 Å². The molecule has 0 spiro atoms. The van der Waals surface area contributed by atoms with Crippen molar-refractivity contribution in [3.8, 4) is 5.69 Å². The fraction of sp³-hybridized carbons (Fsp3) is 0.222. The molecule has 22 heavy (non-hydrogen) atoms. The molecular weight excluding hydrogens is 340 g/mol. The lowest BCUT2D eigenvalue weighted by Gasteiger charge is -2.13. The van der Waals surface area contributed by atoms with Crippen LogP contribution in [0.5, 0.6) is 0 Å². The van der Waals surface area contributed by atoms with Crippen LogP contribution in [-0.2, 0) is 6.42 Å². The smallest absolute Gasteiger partial charge is 0.261 e. The van der Waals surface area contributed by atoms with Crippen molar-refractivity contribution in [3.63, 3.8) is 0 Å². The van der Waals surface area contributed by atoms with Crippen molar-refractivity contribution >= 4 is 26.8 Å². The van der Waals surface area contributed by atoms with Crippen LogP contribution in [0.4, 0.5) is 0 Å². The standard InChI is InChI=1S/C18H17BrN2O/c1-2-3-9-16-15-12-13(19)10-11-17(15)21(18(22)20-16)14-7-5-4-6-8-14/h4-8,10-12H,2-3,9H2,1H3. The van der Waals surface area contributed by atoms with E-state index in [1.165, 1.54) is 0 Å². The van der Waals surface area contributed by atoms with Gasteiger partial charge in [0.05, 0.1) is 16.9 Å². The van der Waals surface area contributed by atoms with Gasteiger partial charge in [0, 0.05) is 9.86 Å². The van der Waals surface area contributed by atoms with Crippen LogP contribution in [-0.4, -0.2) is 9.55 Å². The lowest BCUT2D eigenvalue weighted by Crippen LogP contribution is -2.23. The van der Waals surface area contributed by atoms with Crippen LogP contribution in [0, 0.1) is 0 Å². The van der Waals surface area contributed by atoms with Gasteiger partial charge >= 0.3 is 5.69 Å². The molecule has 1 heterocycles. The molecule has 0 unspecified atom stereocenters. The van der Waals surface area contributed by atoms with Gasteiger partial charge in [0.2, 0.25) is 0 Å². The maximum Gasteiger partial charge on any atom is 0.352 e. The lowest BCUT2D eigenvalue weighted by atomic mass is 10.1. The quantitative estimate of drug-likeness (QED) is 0.690. The summed E-state index contributed by atoms with van der Waals surface area (Å²) < 4.78 is 2.68. The first-order chi connectivity index (χ1) is 10.7. The SMILES string of the molecule is CCCCc1nc(=O)n(-c2ccccc2)c2ccc(Br)cc12. The molecular formula is C18H17BrN2O. The highest BCUT2D eigenvalue weighted by Crippen LogP contribution is 2.24. The summed E-state index contributed by atoms with van der Waals surface area (Å²) in [5.74, 6) is 0. The van der Waals surface area contributed by atoms with Crippen molar-refractivity contribution in [1.29, 1.82) is 0 Å². The van der Waals surface area contributed by atoms with Crippen LogP contribution in [0.15, 0.2) is 57.8 Å². The number of hydrogen-bond donors (Lipinski definition) is 0. The highest BCUT2D eigenvalue weighted by atomic mass is 79.9. The normalized spacial score (nSPS) is 11.0. The lowest BCUT2D eigenvalue weighted by molar-refractivity contribution is 0.769. The Kier molecular flexibility index (Phi) is 4.39. The van der Waals surface area contributed by atoms with E-state index in [0.717, 1.165) is 46.0 Å². The molecule has 1 aromatic heterocycles. The van der Waals surface area contributed by atoms with E-state index in [1.54, 1.807) is 4.57 Å². The predicted octanol–water partition coefficient (Wildman–Crippen LogP) is 4.49. The summed E-state index contributed by atoms with van der Waals surface area (Å²) in [5.41, 5.74) is 2.41. The average Bonchev–Trinajstić information content (AvgIpc) is 2.54. The molecule has 3 nitrogen and oxygen atoms in total. The molecule has 0 bridgehead atoms. The Morgan fingerprint density at radius 1 is 1.14 bits per heavy atom. The first-order valence-electron chi connectivity index (χ1n) is 7.47. The molecule has 0 atom stereocenters. The van der Waals surface area contributed by atoms with Gasteiger partial charge in [-0.3, -0.25) is 4.57 Å². The summed E-state index contributed by atoms with van der Waals surface area (Å²) >= 11 is 3.52. The molecule has 0 aliphatic carbocycles. The molecule has 0 radical (unpaired) electrons. The molecule has 0 aliphatic heterocycles. The summed E-state index contributed by atoms with van der Waals surface area (Å²) in [6, 6.07) is 15.6. The maximum absolute atomic E-state index is 12.5. The van der Waals surface area contributed by atoms with Crippen molar-refractivity contribution in [2.24, 2.45) is 0 Å². The number of rotatable bonds is 4. The van der Waals surface area contributed by atoms with Gasteiger partial charge in [-0.1, -0.05) is 47.5 Å². The minimum absolute atomic E-state index is 0.216. The van der Waals surface area contributed by atoms with Crippen LogP contribution < -0.4 is 5.69 Å². The van der Waals surface area contributed by atoms with E-state index in [-0.39, 0.29) is 5.69 Å². The molecule has 112 valence electrons. The van der Waals surface area contributed by atoms with E-state index in [2.05, 4.69) is 27.8 Å². The van der Waals surface area contributed by atoms with Crippen LogP contribution in [0.3, 0.4) is 0 Å². The van der Waals surface area contributed by atoms with Crippen LogP contribution in [0.25, 0.3) is 16.6 Å². The Balaban J connectivity index is 2.31. The summed E-state index contributed by atoms with van der Waals surface area (Å²) in [5, 5.41) is 1.03. The highest BCUT2D eigenvalue weighted by Gasteiger charge is 2.12. The molecule has 0 aliphatic rings. The molecule has 0 saturated heterocycles. The minimum Gasteiger partial charge on any atom is -0.261 e. The molecule has 0 fully saturated rings. The number of fused-ring (bicyclic) bond motifs is 1. The molecule has 4 heteroatoms. The number of para-hydroxylation sites is 1. The minimum atomic E-state index is -0.216. The third-order valence-corrected chi connectivity index (χ3v) is 4.21. The summed E-state index contributed by atoms with van der Waals surface area (Å²) in [4.78, 5) is 16.9. The zero-order valence-electron chi connectivity index (χ0n) is 12.4. The molecule has 3 rings (SSSR count). The Labute approximate surface area is 137 Å². The molecule has 0 N–H and O–H groups in total. The van der Waals surface area contributed by atoms with Gasteiger partial charge in [0.1, 0.15) is 0 Å². The fourth-order valence-electron chi connectivity index (χ4n) is 2.62. The topological polar surface area (TPSA) is 34.9 Å². The van der Waals surface area contributed by atoms with Gasteiger partial charge in [-0.2, -0.15) is 4.98 Å². The largest absolute Gasteiger partial charge is 0.352 e.